The van der Waals surface area contributed by atoms with Crippen molar-refractivity contribution in [3.05, 3.63) is 96.0 Å². The lowest BCUT2D eigenvalue weighted by Crippen LogP contribution is -2.50. The van der Waals surface area contributed by atoms with Crippen LogP contribution in [-0.4, -0.2) is 210 Å². The van der Waals surface area contributed by atoms with Crippen molar-refractivity contribution >= 4 is 86.6 Å². The highest BCUT2D eigenvalue weighted by Gasteiger charge is 2.58. The number of benzene rings is 3. The summed E-state index contributed by atoms with van der Waals surface area (Å²) >= 11 is 0. The van der Waals surface area contributed by atoms with Crippen LogP contribution in [0.1, 0.15) is 275 Å². The standard InChI is InChI=1S/C39H55N3O7.2C35H47N3O7/c1-9-24-32-21-42(34(24)37(45)49-39(5,6)7)36(44)27(38(2,3)4)20-33(43)47-31-18-22-17-26(22)25(31)13-11-10-12-14-29-35(48-32)41-30-19-23(46-8)15-16-28(30)40-29;2*1-6-23-29-20-38(31(23)34(41)42)33(40)24(35(2,3)4)19-30(39)44-28-15-11-10-13-21(28)12-8-7-9-14-26-32(45-29)37-27-18-22(43-5)16-17-25(27)36-26/h15-16,19,22,24-27,31-32,34H,9-14,17-18,20-21H2,1-8H3;10,13,16-18,21,23-24,28-29,31H,6-9,11-12,14-15,19-20H2,1-5H3,(H,41,42);10-11,16-18,21,23-24,28-29,31H,6-9,12-15,19-20H2,1-5H3,(H,41,42)/t22-,24+,25+,26-,27+,31+,32-,34-;2*21-,23-,24-,28-,29+,31+/m011/s1. The number of fused-ring (bicyclic) bond motifs is 17. The van der Waals surface area contributed by atoms with Gasteiger partial charge in [0, 0.05) is 48.3 Å². The van der Waals surface area contributed by atoms with Crippen molar-refractivity contribution in [3.8, 4) is 34.9 Å². The Morgan fingerprint density at radius 1 is 0.396 bits per heavy atom. The zero-order valence-corrected chi connectivity index (χ0v) is 84.9. The van der Waals surface area contributed by atoms with Crippen molar-refractivity contribution in [2.45, 2.75) is 338 Å². The fourth-order valence-electron chi connectivity index (χ4n) is 22.7. The number of nitrogens with zero attached hydrogens (tertiary/aromatic N) is 9. The molecule has 0 spiro atoms. The number of aryl methyl sites for hydroxylation is 3. The maximum atomic E-state index is 14.7. The summed E-state index contributed by atoms with van der Waals surface area (Å²) in [6.07, 6.45) is 26.2. The second kappa shape index (κ2) is 44.6. The number of carbonyl (C=O) groups excluding carboxylic acids is 7. The predicted molar refractivity (Wildman–Crippen MR) is 523 cm³/mol. The van der Waals surface area contributed by atoms with Crippen LogP contribution in [0.15, 0.2) is 78.9 Å². The Balaban J connectivity index is 0.000000166. The molecular weight excluding hydrogens is 1770 g/mol. The molecule has 4 aliphatic carbocycles. The van der Waals surface area contributed by atoms with E-state index in [1.165, 1.54) is 16.2 Å². The molecule has 0 radical (unpaired) electrons. The van der Waals surface area contributed by atoms with Crippen molar-refractivity contribution in [1.82, 2.24) is 44.6 Å². The molecule has 30 heteroatoms. The number of methoxy groups -OCH3 is 3. The van der Waals surface area contributed by atoms with Crippen LogP contribution in [0.5, 0.6) is 34.9 Å². The Hall–Kier alpha value is -10.8. The second-order valence-corrected chi connectivity index (χ2v) is 44.4. The zero-order chi connectivity index (χ0) is 99.9. The minimum absolute atomic E-state index is 0.0388. The summed E-state index contributed by atoms with van der Waals surface area (Å²) in [5.41, 5.74) is 3.78. The largest absolute Gasteiger partial charge is 0.497 e. The van der Waals surface area contributed by atoms with Crippen molar-refractivity contribution in [2.24, 2.45) is 81.3 Å². The normalized spacial score (nSPS) is 29.3. The first-order chi connectivity index (χ1) is 66.1. The topological polar surface area (TPSA) is 373 Å². The average Bonchev–Trinajstić information content (AvgIpc) is 1.57. The van der Waals surface area contributed by atoms with E-state index in [-0.39, 0.29) is 98.7 Å². The number of hydrogen-bond donors (Lipinski definition) is 2. The Kier molecular flexibility index (Phi) is 33.4. The van der Waals surface area contributed by atoms with Crippen LogP contribution < -0.4 is 28.4 Å². The number of aliphatic carboxylic acids is 2. The summed E-state index contributed by atoms with van der Waals surface area (Å²) in [5.74, 6) is -3.22. The van der Waals surface area contributed by atoms with Gasteiger partial charge < -0.3 is 72.3 Å². The van der Waals surface area contributed by atoms with E-state index in [0.29, 0.717) is 114 Å². The molecule has 756 valence electrons. The van der Waals surface area contributed by atoms with Crippen molar-refractivity contribution in [2.75, 3.05) is 41.0 Å². The van der Waals surface area contributed by atoms with Crippen LogP contribution in [0.4, 0.5) is 0 Å². The number of carboxylic acid groups (broad SMARTS) is 2. The molecule has 5 fully saturated rings. The van der Waals surface area contributed by atoms with Crippen LogP contribution in [0, 0.1) is 81.3 Å². The Bertz CT molecular complexity index is 5410. The monoisotopic (exact) mass is 1920 g/mol. The summed E-state index contributed by atoms with van der Waals surface area (Å²) in [5, 5.41) is 20.8. The molecule has 0 unspecified atom stereocenters. The van der Waals surface area contributed by atoms with Crippen molar-refractivity contribution in [3.63, 3.8) is 0 Å². The van der Waals surface area contributed by atoms with Gasteiger partial charge in [-0.15, -0.1) is 0 Å². The molecule has 6 aliphatic heterocycles. The van der Waals surface area contributed by atoms with Gasteiger partial charge in [0.15, 0.2) is 0 Å². The van der Waals surface area contributed by atoms with Gasteiger partial charge in [-0.1, -0.05) is 146 Å². The molecule has 6 bridgehead atoms. The van der Waals surface area contributed by atoms with Gasteiger partial charge in [-0.3, -0.25) is 28.8 Å². The molecule has 10 aliphatic rings. The van der Waals surface area contributed by atoms with Gasteiger partial charge in [-0.25, -0.2) is 44.3 Å². The minimum Gasteiger partial charge on any atom is -0.497 e. The summed E-state index contributed by atoms with van der Waals surface area (Å²) in [4.78, 5) is 157. The fourth-order valence-corrected chi connectivity index (χ4v) is 22.7. The highest BCUT2D eigenvalue weighted by molar-refractivity contribution is 5.92. The molecule has 16 rings (SSSR count). The van der Waals surface area contributed by atoms with Crippen molar-refractivity contribution in [1.29, 1.82) is 0 Å². The van der Waals surface area contributed by atoms with E-state index in [1.807, 2.05) is 146 Å². The molecule has 30 nitrogen and oxygen atoms in total. The van der Waals surface area contributed by atoms with E-state index in [9.17, 15) is 53.4 Å². The van der Waals surface area contributed by atoms with Crippen LogP contribution in [0.3, 0.4) is 0 Å². The first-order valence-electron chi connectivity index (χ1n) is 51.2. The Morgan fingerprint density at radius 2 is 0.777 bits per heavy atom. The van der Waals surface area contributed by atoms with Gasteiger partial charge in [0.05, 0.1) is 111 Å². The molecule has 3 aromatic heterocycles. The summed E-state index contributed by atoms with van der Waals surface area (Å²) < 4.78 is 60.5. The predicted octanol–water partition coefficient (Wildman–Crippen LogP) is 18.2. The number of hydrogen-bond acceptors (Lipinski definition) is 25. The Labute approximate surface area is 818 Å². The van der Waals surface area contributed by atoms with Gasteiger partial charge in [-0.05, 0) is 206 Å². The van der Waals surface area contributed by atoms with E-state index in [4.69, 9.17) is 77.3 Å². The SMILES string of the molecule is CC[C@@H]1[C@@H]2CN(C(=O)[C@H](C(C)(C)C)CC(=O)O[C@@H]3CC=CC[C@H]3CCCCCc3nc4ccc(OC)cc4nc3O2)[C@@H]1C(=O)O.CC[C@@H]1[C@@H]2CN(C(=O)[C@H](C(C)(C)C)CC(=O)O[C@@H]3CCC=C[C@H]3CCCCCc3nc4ccc(OC)cc4nc3O2)[C@@H]1C(=O)O.CC[C@@H]1[C@@H]2CN(C(=O)[C@H](C(C)(C)C)CC(=O)O[C@@H]3C[C@@H]4C[C@@H]4[C@H]3CCCCCc3nc4ccc(OC)cc4nc3O2)[C@@H]1C(=O)OC(C)(C)C. The number of carbonyl (C=O) groups is 9. The smallest absolute Gasteiger partial charge is 0.329 e. The molecule has 139 heavy (non-hydrogen) atoms. The molecule has 2 saturated carbocycles. The number of carboxylic acids is 2. The fraction of sp³-hybridized carbons (Fsp3) is 0.661. The van der Waals surface area contributed by atoms with E-state index >= 15 is 0 Å². The number of ether oxygens (including phenoxy) is 10. The maximum Gasteiger partial charge on any atom is 0.329 e. The van der Waals surface area contributed by atoms with Crippen molar-refractivity contribution < 1.29 is 101 Å². The second-order valence-electron chi connectivity index (χ2n) is 44.4. The van der Waals surface area contributed by atoms with E-state index in [2.05, 4.69) is 24.3 Å². The molecule has 9 heterocycles. The van der Waals surface area contributed by atoms with Crippen LogP contribution >= 0.6 is 0 Å². The van der Waals surface area contributed by atoms with Gasteiger partial charge in [-0.2, -0.15) is 0 Å². The summed E-state index contributed by atoms with van der Waals surface area (Å²) in [6.45, 7) is 28.9. The minimum atomic E-state index is -1.10. The van der Waals surface area contributed by atoms with E-state index < -0.39 is 118 Å². The highest BCUT2D eigenvalue weighted by Crippen LogP contribution is 2.58. The molecule has 2 N–H and O–H groups in total. The molecule has 20 atom stereocenters. The molecular formula is C109H149N9O21. The quantitative estimate of drug-likeness (QED) is 0.0771. The number of amides is 3. The van der Waals surface area contributed by atoms with Crippen LogP contribution in [0.25, 0.3) is 33.1 Å². The summed E-state index contributed by atoms with van der Waals surface area (Å²) in [6, 6.07) is 13.6. The zero-order valence-electron chi connectivity index (χ0n) is 84.9. The number of aromatic nitrogens is 6. The lowest BCUT2D eigenvalue weighted by atomic mass is 9.77. The lowest BCUT2D eigenvalue weighted by molar-refractivity contribution is -0.167. The van der Waals surface area contributed by atoms with E-state index in [1.54, 1.807) is 38.4 Å². The molecule has 3 amide bonds. The maximum absolute atomic E-state index is 14.7. The lowest BCUT2D eigenvalue weighted by Gasteiger charge is -2.36. The van der Waals surface area contributed by atoms with E-state index in [0.717, 1.165) is 136 Å². The number of allylic oxidation sites excluding steroid dienone is 2. The van der Waals surface area contributed by atoms with Gasteiger partial charge in [0.1, 0.15) is 94.7 Å². The van der Waals surface area contributed by atoms with Gasteiger partial charge >= 0.3 is 35.8 Å². The number of rotatable bonds is 9. The molecule has 6 aromatic rings. The highest BCUT2D eigenvalue weighted by atomic mass is 16.6. The first kappa shape index (κ1) is 104. The molecule has 3 saturated heterocycles. The van der Waals surface area contributed by atoms with Gasteiger partial charge in [0.25, 0.3) is 0 Å². The van der Waals surface area contributed by atoms with Crippen LogP contribution in [-0.2, 0) is 81.4 Å². The third kappa shape index (κ3) is 24.9. The van der Waals surface area contributed by atoms with Gasteiger partial charge in [0.2, 0.25) is 35.4 Å². The summed E-state index contributed by atoms with van der Waals surface area (Å²) in [7, 11) is 4.81. The third-order valence-corrected chi connectivity index (χ3v) is 30.6. The third-order valence-electron chi connectivity index (χ3n) is 30.6. The van der Waals surface area contributed by atoms with Crippen LogP contribution in [0.2, 0.25) is 0 Å². The first-order valence-corrected chi connectivity index (χ1v) is 51.2. The number of esters is 4. The molecule has 3 aromatic carbocycles. The Morgan fingerprint density at radius 3 is 1.17 bits per heavy atom. The average molecular weight is 1920 g/mol.